The van der Waals surface area contributed by atoms with Gasteiger partial charge in [0.15, 0.2) is 4.21 Å². The smallest absolute Gasteiger partial charge is 0.251 e. The first-order chi connectivity index (χ1) is 7.33. The summed E-state index contributed by atoms with van der Waals surface area (Å²) < 4.78 is 25.2. The lowest BCUT2D eigenvalue weighted by atomic mass is 10.3. The number of rotatable bonds is 5. The molecule has 0 saturated heterocycles. The van der Waals surface area contributed by atoms with E-state index in [4.69, 9.17) is 10.8 Å². The van der Waals surface area contributed by atoms with Gasteiger partial charge in [0.05, 0.1) is 11.2 Å². The van der Waals surface area contributed by atoms with Gasteiger partial charge in [0, 0.05) is 6.54 Å². The van der Waals surface area contributed by atoms with E-state index in [1.807, 2.05) is 0 Å². The number of carbonyl (C=O) groups excluding carboxylic acids is 1. The van der Waals surface area contributed by atoms with Crippen molar-refractivity contribution in [1.82, 2.24) is 9.71 Å². The molecule has 1 aromatic heterocycles. The maximum absolute atomic E-state index is 11.6. The molecular weight excluding hydrogens is 254 g/mol. The minimum absolute atomic E-state index is 0.0293. The van der Waals surface area contributed by atoms with Crippen molar-refractivity contribution in [3.05, 3.63) is 11.2 Å². The Balaban J connectivity index is 2.70. The van der Waals surface area contributed by atoms with Gasteiger partial charge < -0.3 is 10.8 Å². The lowest BCUT2D eigenvalue weighted by molar-refractivity contribution is -0.125. The van der Waals surface area contributed by atoms with Crippen molar-refractivity contribution in [2.75, 3.05) is 6.54 Å². The second-order valence-corrected chi connectivity index (χ2v) is 6.20. The van der Waals surface area contributed by atoms with Gasteiger partial charge >= 0.3 is 0 Å². The Morgan fingerprint density at radius 1 is 1.75 bits per heavy atom. The van der Waals surface area contributed by atoms with Crippen LogP contribution >= 0.6 is 11.3 Å². The van der Waals surface area contributed by atoms with Gasteiger partial charge in [0.1, 0.15) is 6.10 Å². The summed E-state index contributed by atoms with van der Waals surface area (Å²) in [5.74, 6) is -0.983. The van der Waals surface area contributed by atoms with Crippen molar-refractivity contribution < 1.29 is 18.3 Å². The zero-order valence-electron chi connectivity index (χ0n) is 8.37. The first-order valence-corrected chi connectivity index (χ1v) is 6.52. The zero-order chi connectivity index (χ0) is 12.3. The van der Waals surface area contributed by atoms with Gasteiger partial charge in [-0.3, -0.25) is 4.79 Å². The van der Waals surface area contributed by atoms with Crippen LogP contribution in [0.2, 0.25) is 0 Å². The number of carbonyl (C=O) groups is 1. The third kappa shape index (κ3) is 3.23. The van der Waals surface area contributed by atoms with Crippen LogP contribution in [0.25, 0.3) is 0 Å². The number of aryl methyl sites for hydroxylation is 1. The Hall–Kier alpha value is -1.03. The standard InChI is InChI=1S/C7H11N3O4S2/c1-4-9-3-6(15-4)16(13,14)10-2-5(11)7(8)12/h3,5,10-11H,2H2,1H3,(H2,8,12). The number of thiazole rings is 1. The fourth-order valence-electron chi connectivity index (χ4n) is 0.826. The van der Waals surface area contributed by atoms with Crippen LogP contribution in [-0.4, -0.2) is 37.1 Å². The van der Waals surface area contributed by atoms with Crippen LogP contribution in [0, 0.1) is 6.92 Å². The number of aliphatic hydroxyl groups is 1. The number of amides is 1. The summed E-state index contributed by atoms with van der Waals surface area (Å²) in [5, 5.41) is 9.64. The number of primary amides is 1. The van der Waals surface area contributed by atoms with E-state index in [0.717, 1.165) is 11.3 Å². The average Bonchev–Trinajstić information content (AvgIpc) is 2.61. The van der Waals surface area contributed by atoms with E-state index in [0.29, 0.717) is 5.01 Å². The van der Waals surface area contributed by atoms with Crippen LogP contribution < -0.4 is 10.5 Å². The van der Waals surface area contributed by atoms with Gasteiger partial charge in [-0.25, -0.2) is 18.1 Å². The molecule has 1 rings (SSSR count). The monoisotopic (exact) mass is 265 g/mol. The summed E-state index contributed by atoms with van der Waals surface area (Å²) >= 11 is 0.995. The predicted molar refractivity (Wildman–Crippen MR) is 57.2 cm³/mol. The summed E-state index contributed by atoms with van der Waals surface area (Å²) in [6.45, 7) is 1.22. The summed E-state index contributed by atoms with van der Waals surface area (Å²) in [6.07, 6.45) is -0.331. The lowest BCUT2D eigenvalue weighted by Crippen LogP contribution is -2.39. The molecule has 4 N–H and O–H groups in total. The molecule has 16 heavy (non-hydrogen) atoms. The van der Waals surface area contributed by atoms with E-state index in [1.165, 1.54) is 6.20 Å². The molecule has 1 unspecified atom stereocenters. The summed E-state index contributed by atoms with van der Waals surface area (Å²) in [4.78, 5) is 14.3. The zero-order valence-corrected chi connectivity index (χ0v) is 10.0. The van der Waals surface area contributed by atoms with E-state index < -0.39 is 28.6 Å². The number of sulfonamides is 1. The number of aromatic nitrogens is 1. The van der Waals surface area contributed by atoms with Gasteiger partial charge in [-0.15, -0.1) is 11.3 Å². The van der Waals surface area contributed by atoms with E-state index in [2.05, 4.69) is 9.71 Å². The van der Waals surface area contributed by atoms with Crippen LogP contribution in [0.1, 0.15) is 5.01 Å². The molecule has 0 aromatic carbocycles. The van der Waals surface area contributed by atoms with Gasteiger partial charge in [0.25, 0.3) is 10.0 Å². The first-order valence-electron chi connectivity index (χ1n) is 4.22. The van der Waals surface area contributed by atoms with Crippen LogP contribution in [-0.2, 0) is 14.8 Å². The summed E-state index contributed by atoms with van der Waals surface area (Å²) in [7, 11) is -3.73. The van der Waals surface area contributed by atoms with E-state index in [1.54, 1.807) is 6.92 Å². The van der Waals surface area contributed by atoms with Gasteiger partial charge in [-0.1, -0.05) is 0 Å². The Kier molecular flexibility index (Phi) is 3.97. The quantitative estimate of drug-likeness (QED) is 0.603. The van der Waals surface area contributed by atoms with Crippen molar-refractivity contribution in [2.45, 2.75) is 17.2 Å². The lowest BCUT2D eigenvalue weighted by Gasteiger charge is -2.07. The molecule has 1 aromatic rings. The predicted octanol–water partition coefficient (Wildman–Crippen LogP) is -1.42. The van der Waals surface area contributed by atoms with E-state index in [-0.39, 0.29) is 4.21 Å². The van der Waals surface area contributed by atoms with Crippen LogP contribution in [0.4, 0.5) is 0 Å². The van der Waals surface area contributed by atoms with Gasteiger partial charge in [0.2, 0.25) is 5.91 Å². The summed E-state index contributed by atoms with van der Waals surface area (Å²) in [5.41, 5.74) is 4.77. The number of hydrogen-bond acceptors (Lipinski definition) is 6. The average molecular weight is 265 g/mol. The second kappa shape index (κ2) is 4.87. The maximum Gasteiger partial charge on any atom is 0.251 e. The molecule has 0 aliphatic rings. The highest BCUT2D eigenvalue weighted by Crippen LogP contribution is 2.17. The molecule has 0 aliphatic carbocycles. The largest absolute Gasteiger partial charge is 0.382 e. The van der Waals surface area contributed by atoms with Crippen molar-refractivity contribution in [3.63, 3.8) is 0 Å². The van der Waals surface area contributed by atoms with Crippen molar-refractivity contribution in [3.8, 4) is 0 Å². The van der Waals surface area contributed by atoms with E-state index >= 15 is 0 Å². The Morgan fingerprint density at radius 2 is 2.38 bits per heavy atom. The molecule has 1 heterocycles. The number of hydrogen-bond donors (Lipinski definition) is 3. The van der Waals surface area contributed by atoms with Crippen molar-refractivity contribution in [1.29, 1.82) is 0 Å². The SMILES string of the molecule is Cc1ncc(S(=O)(=O)NCC(O)C(N)=O)s1. The van der Waals surface area contributed by atoms with Crippen LogP contribution in [0.15, 0.2) is 10.4 Å². The molecule has 1 amide bonds. The van der Waals surface area contributed by atoms with E-state index in [9.17, 15) is 13.2 Å². The molecule has 7 nitrogen and oxygen atoms in total. The minimum Gasteiger partial charge on any atom is -0.382 e. The normalized spacial score (nSPS) is 13.6. The van der Waals surface area contributed by atoms with Crippen molar-refractivity contribution in [2.24, 2.45) is 5.73 Å². The molecule has 0 saturated carbocycles. The molecule has 1 atom stereocenters. The molecule has 0 radical (unpaired) electrons. The summed E-state index contributed by atoms with van der Waals surface area (Å²) in [6, 6.07) is 0. The minimum atomic E-state index is -3.73. The molecule has 0 bridgehead atoms. The molecule has 0 fully saturated rings. The molecular formula is C7H11N3O4S2. The van der Waals surface area contributed by atoms with Gasteiger partial charge in [-0.2, -0.15) is 0 Å². The molecule has 0 aliphatic heterocycles. The third-order valence-electron chi connectivity index (χ3n) is 1.66. The number of aliphatic hydroxyl groups excluding tert-OH is 1. The Morgan fingerprint density at radius 3 is 2.81 bits per heavy atom. The molecule has 90 valence electrons. The molecule has 0 spiro atoms. The topological polar surface area (TPSA) is 122 Å². The number of nitrogens with two attached hydrogens (primary N) is 1. The highest BCUT2D eigenvalue weighted by molar-refractivity contribution is 7.91. The van der Waals surface area contributed by atoms with Crippen LogP contribution in [0.5, 0.6) is 0 Å². The highest BCUT2D eigenvalue weighted by atomic mass is 32.2. The first kappa shape index (κ1) is 13.0. The molecule has 9 heteroatoms. The Bertz CT molecular complexity index is 482. The van der Waals surface area contributed by atoms with Crippen LogP contribution in [0.3, 0.4) is 0 Å². The van der Waals surface area contributed by atoms with Gasteiger partial charge in [-0.05, 0) is 6.92 Å². The Labute approximate surface area is 96.4 Å². The fourth-order valence-corrected chi connectivity index (χ4v) is 3.02. The number of nitrogens with zero attached hydrogens (tertiary/aromatic N) is 1. The maximum atomic E-state index is 11.6. The van der Waals surface area contributed by atoms with Crippen molar-refractivity contribution >= 4 is 27.3 Å². The fraction of sp³-hybridized carbons (Fsp3) is 0.429. The highest BCUT2D eigenvalue weighted by Gasteiger charge is 2.20. The third-order valence-corrected chi connectivity index (χ3v) is 4.46. The second-order valence-electron chi connectivity index (χ2n) is 2.97. The number of nitrogens with one attached hydrogen (secondary N) is 1.